The van der Waals surface area contributed by atoms with E-state index in [0.29, 0.717) is 21.2 Å². The molecule has 0 fully saturated rings. The highest BCUT2D eigenvalue weighted by Gasteiger charge is 2.74. The summed E-state index contributed by atoms with van der Waals surface area (Å²) < 4.78 is 61.8. The van der Waals surface area contributed by atoms with Crippen LogP contribution in [0, 0.1) is 0 Å². The molecule has 170 valence electrons. The van der Waals surface area contributed by atoms with Crippen molar-refractivity contribution in [3.63, 3.8) is 0 Å². The Bertz CT molecular complexity index is 1110. The van der Waals surface area contributed by atoms with E-state index in [1.54, 1.807) is 121 Å². The molecule has 0 N–H and O–H groups in total. The van der Waals surface area contributed by atoms with Gasteiger partial charge >= 0.3 is 11.8 Å². The van der Waals surface area contributed by atoms with Crippen molar-refractivity contribution in [2.24, 2.45) is 0 Å². The molecule has 5 rings (SSSR count). The van der Waals surface area contributed by atoms with E-state index in [1.807, 2.05) is 0 Å². The van der Waals surface area contributed by atoms with Gasteiger partial charge in [-0.15, -0.1) is 0 Å². The maximum absolute atomic E-state index is 15.5. The van der Waals surface area contributed by atoms with Crippen molar-refractivity contribution in [2.75, 3.05) is 0 Å². The molecule has 0 aliphatic heterocycles. The van der Waals surface area contributed by atoms with Crippen molar-refractivity contribution in [1.82, 2.24) is 0 Å². The molecule has 0 saturated heterocycles. The Balaban J connectivity index is 1.82. The Morgan fingerprint density at radius 1 is 0.353 bits per heavy atom. The molecular weight excluding hydrogens is 474 g/mol. The first kappa shape index (κ1) is 23.0. The van der Waals surface area contributed by atoms with Crippen LogP contribution in [0.4, 0.5) is 17.6 Å². The predicted octanol–water partition coefficient (Wildman–Crippen LogP) is 6.75. The highest BCUT2D eigenvalue weighted by Crippen LogP contribution is 2.73. The Morgan fingerprint density at radius 3 is 0.765 bits per heavy atom. The lowest BCUT2D eigenvalue weighted by atomic mass is 10.00. The molecule has 0 radical (unpaired) electrons. The van der Waals surface area contributed by atoms with E-state index in [-0.39, 0.29) is 0 Å². The minimum Gasteiger partial charge on any atom is -0.194 e. The monoisotopic (exact) mass is 494 g/mol. The number of benzene rings is 4. The van der Waals surface area contributed by atoms with Gasteiger partial charge < -0.3 is 0 Å². The van der Waals surface area contributed by atoms with Gasteiger partial charge in [0, 0.05) is 10.6 Å². The zero-order chi connectivity index (χ0) is 23.8. The van der Waals surface area contributed by atoms with Crippen molar-refractivity contribution in [3.8, 4) is 0 Å². The molecule has 0 atom stereocenters. The summed E-state index contributed by atoms with van der Waals surface area (Å²) in [7, 11) is -3.72. The second-order valence-electron chi connectivity index (χ2n) is 7.86. The molecular formula is C28H20F4P2. The molecule has 0 saturated carbocycles. The number of halogens is 4. The first-order chi connectivity index (χ1) is 16.4. The summed E-state index contributed by atoms with van der Waals surface area (Å²) in [5.41, 5.74) is 0. The zero-order valence-corrected chi connectivity index (χ0v) is 19.7. The third-order valence-electron chi connectivity index (χ3n) is 5.72. The summed E-state index contributed by atoms with van der Waals surface area (Å²) in [6, 6.07) is 35.3. The van der Waals surface area contributed by atoms with Crippen LogP contribution in [0.25, 0.3) is 0 Å². The van der Waals surface area contributed by atoms with E-state index in [9.17, 15) is 0 Å². The Hall–Kier alpha value is -2.80. The fraction of sp³-hybridized carbons (Fsp3) is 0.0714. The molecule has 0 nitrogen and oxygen atoms in total. The number of rotatable bonds is 6. The highest BCUT2D eigenvalue weighted by atomic mass is 31.1. The van der Waals surface area contributed by atoms with Crippen LogP contribution in [0.15, 0.2) is 132 Å². The van der Waals surface area contributed by atoms with Crippen molar-refractivity contribution in [3.05, 3.63) is 132 Å². The van der Waals surface area contributed by atoms with Gasteiger partial charge in [-0.25, -0.2) is 0 Å². The van der Waals surface area contributed by atoms with E-state index < -0.39 is 38.3 Å². The van der Waals surface area contributed by atoms with Gasteiger partial charge in [0.15, 0.2) is 0 Å². The van der Waals surface area contributed by atoms with Gasteiger partial charge in [0.25, 0.3) is 0 Å². The van der Waals surface area contributed by atoms with E-state index in [1.165, 1.54) is 0 Å². The fourth-order valence-corrected chi connectivity index (χ4v) is 9.80. The van der Waals surface area contributed by atoms with E-state index >= 15 is 17.6 Å². The predicted molar refractivity (Wildman–Crippen MR) is 135 cm³/mol. The van der Waals surface area contributed by atoms with Gasteiger partial charge in [0.1, 0.15) is 0 Å². The summed E-state index contributed by atoms with van der Waals surface area (Å²) in [5.74, 6) is -8.46. The maximum Gasteiger partial charge on any atom is 0.341 e. The van der Waals surface area contributed by atoms with Crippen LogP contribution in [-0.4, -0.2) is 11.8 Å². The van der Waals surface area contributed by atoms with Crippen LogP contribution in [-0.2, 0) is 0 Å². The van der Waals surface area contributed by atoms with E-state index in [0.717, 1.165) is 0 Å². The third-order valence-corrected chi connectivity index (χ3v) is 11.1. The second kappa shape index (κ2) is 9.10. The van der Waals surface area contributed by atoms with Gasteiger partial charge in [-0.3, -0.25) is 0 Å². The molecule has 4 aromatic rings. The van der Waals surface area contributed by atoms with Crippen LogP contribution < -0.4 is 21.2 Å². The molecule has 6 heteroatoms. The third kappa shape index (κ3) is 3.80. The molecule has 34 heavy (non-hydrogen) atoms. The topological polar surface area (TPSA) is 0 Å². The minimum atomic E-state index is -4.23. The summed E-state index contributed by atoms with van der Waals surface area (Å²) in [6.07, 6.45) is 0. The molecule has 0 amide bonds. The quantitative estimate of drug-likeness (QED) is 0.206. The lowest BCUT2D eigenvalue weighted by Gasteiger charge is -2.47. The van der Waals surface area contributed by atoms with Gasteiger partial charge in [-0.05, 0) is 37.1 Å². The molecule has 1 aliphatic rings. The lowest BCUT2D eigenvalue weighted by molar-refractivity contribution is -0.177. The smallest absolute Gasteiger partial charge is 0.194 e. The van der Waals surface area contributed by atoms with E-state index in [2.05, 4.69) is 0 Å². The summed E-state index contributed by atoms with van der Waals surface area (Å²) >= 11 is 0. The first-order valence-corrected chi connectivity index (χ1v) is 13.4. The normalized spacial score (nSPS) is 16.5. The molecule has 0 aromatic heterocycles. The van der Waals surface area contributed by atoms with Crippen LogP contribution >= 0.6 is 15.8 Å². The number of alkyl halides is 4. The van der Waals surface area contributed by atoms with Gasteiger partial charge in [-0.2, -0.15) is 17.6 Å². The second-order valence-corrected chi connectivity index (χ2v) is 12.2. The Labute approximate surface area is 198 Å². The maximum atomic E-state index is 15.5. The van der Waals surface area contributed by atoms with E-state index in [4.69, 9.17) is 0 Å². The highest BCUT2D eigenvalue weighted by molar-refractivity contribution is 7.81. The average molecular weight is 494 g/mol. The van der Waals surface area contributed by atoms with Crippen LogP contribution in [0.2, 0.25) is 0 Å². The van der Waals surface area contributed by atoms with Crippen molar-refractivity contribution in [1.29, 1.82) is 0 Å². The SMILES string of the molecule is FC1(F)C(P(c2ccccc2)c2ccccc2)=C(P(c2ccccc2)c2ccccc2)C1(F)F. The van der Waals surface area contributed by atoms with Crippen molar-refractivity contribution < 1.29 is 17.6 Å². The van der Waals surface area contributed by atoms with Crippen molar-refractivity contribution >= 4 is 37.1 Å². The zero-order valence-electron chi connectivity index (χ0n) is 18.0. The van der Waals surface area contributed by atoms with Gasteiger partial charge in [-0.1, -0.05) is 121 Å². The molecule has 0 bridgehead atoms. The van der Waals surface area contributed by atoms with Gasteiger partial charge in [0.2, 0.25) is 0 Å². The van der Waals surface area contributed by atoms with Crippen molar-refractivity contribution in [2.45, 2.75) is 11.8 Å². The molecule has 0 unspecified atom stereocenters. The Morgan fingerprint density at radius 2 is 0.559 bits per heavy atom. The van der Waals surface area contributed by atoms with Crippen LogP contribution in [0.5, 0.6) is 0 Å². The summed E-state index contributed by atoms with van der Waals surface area (Å²) in [6.45, 7) is 0. The van der Waals surface area contributed by atoms with Gasteiger partial charge in [0.05, 0.1) is 0 Å². The first-order valence-electron chi connectivity index (χ1n) is 10.7. The summed E-state index contributed by atoms with van der Waals surface area (Å²) in [5, 5.41) is 1.65. The molecule has 0 heterocycles. The van der Waals surface area contributed by atoms with Crippen LogP contribution in [0.3, 0.4) is 0 Å². The largest absolute Gasteiger partial charge is 0.341 e. The minimum absolute atomic E-state index is 0.427. The Kier molecular flexibility index (Phi) is 6.15. The standard InChI is InChI=1S/C28H20F4P2/c29-27(30)25(33(21-13-5-1-6-14-21)22-15-7-2-8-16-22)26(28(27,31)32)34(23-17-9-3-10-18-23)24-19-11-4-12-20-24/h1-20H. The fourth-order valence-electron chi connectivity index (χ4n) is 4.15. The average Bonchev–Trinajstić information content (AvgIpc) is 2.88. The molecule has 1 aliphatic carbocycles. The number of hydrogen-bond acceptors (Lipinski definition) is 0. The lowest BCUT2D eigenvalue weighted by Crippen LogP contribution is -2.54. The molecule has 0 spiro atoms. The van der Waals surface area contributed by atoms with Crippen LogP contribution in [0.1, 0.15) is 0 Å². The number of hydrogen-bond donors (Lipinski definition) is 0. The molecule has 4 aromatic carbocycles. The number of allylic oxidation sites excluding steroid dienone is 2. The summed E-state index contributed by atoms with van der Waals surface area (Å²) in [4.78, 5) is 0.